The maximum absolute atomic E-state index is 13.1. The monoisotopic (exact) mass is 390 g/mol. The van der Waals surface area contributed by atoms with Crippen molar-refractivity contribution in [3.63, 3.8) is 0 Å². The van der Waals surface area contributed by atoms with E-state index < -0.39 is 0 Å². The molecule has 0 saturated carbocycles. The molecule has 3 aromatic rings. The summed E-state index contributed by atoms with van der Waals surface area (Å²) in [4.78, 5) is 15.1. The second-order valence-corrected chi connectivity index (χ2v) is 7.36. The minimum Gasteiger partial charge on any atom is -0.361 e. The van der Waals surface area contributed by atoms with Crippen molar-refractivity contribution in [3.05, 3.63) is 88.8 Å². The fourth-order valence-electron chi connectivity index (χ4n) is 3.63. The van der Waals surface area contributed by atoms with E-state index in [0.717, 1.165) is 41.8 Å². The van der Waals surface area contributed by atoms with E-state index in [1.165, 1.54) is 5.56 Å². The molecule has 3 rings (SSSR count). The zero-order valence-electron chi connectivity index (χ0n) is 17.4. The molecular formula is C25H30N2O2. The first-order valence-corrected chi connectivity index (χ1v) is 10.5. The van der Waals surface area contributed by atoms with Gasteiger partial charge in [-0.25, -0.2) is 0 Å². The van der Waals surface area contributed by atoms with Crippen LogP contribution in [0, 0.1) is 0 Å². The molecule has 2 aromatic carbocycles. The zero-order chi connectivity index (χ0) is 20.5. The average molecular weight is 391 g/mol. The maximum Gasteiger partial charge on any atom is 0.223 e. The highest BCUT2D eigenvalue weighted by Crippen LogP contribution is 2.19. The normalized spacial score (nSPS) is 10.8. The highest BCUT2D eigenvalue weighted by Gasteiger charge is 2.18. The van der Waals surface area contributed by atoms with Gasteiger partial charge in [-0.2, -0.15) is 0 Å². The van der Waals surface area contributed by atoms with Gasteiger partial charge in [0.2, 0.25) is 5.91 Å². The summed E-state index contributed by atoms with van der Waals surface area (Å²) in [6.45, 7) is 5.47. The Morgan fingerprint density at radius 2 is 1.48 bits per heavy atom. The highest BCUT2D eigenvalue weighted by molar-refractivity contribution is 5.76. The standard InChI is InChI=1S/C25H30N2O2/c1-3-11-24-22(4-2)23(26-29-24)16-17-25(28)27(18-20-12-7-5-8-13-20)19-21-14-9-6-10-15-21/h5-10,12-15H,3-4,11,16-19H2,1-2H3. The molecule has 0 bridgehead atoms. The third-order valence-corrected chi connectivity index (χ3v) is 5.14. The number of aromatic nitrogens is 1. The van der Waals surface area contributed by atoms with E-state index in [4.69, 9.17) is 4.52 Å². The van der Waals surface area contributed by atoms with Gasteiger partial charge in [-0.3, -0.25) is 4.79 Å². The van der Waals surface area contributed by atoms with Crippen LogP contribution in [0.25, 0.3) is 0 Å². The van der Waals surface area contributed by atoms with Gasteiger partial charge < -0.3 is 9.42 Å². The summed E-state index contributed by atoms with van der Waals surface area (Å²) in [5.41, 5.74) is 4.39. The molecule has 152 valence electrons. The number of amides is 1. The van der Waals surface area contributed by atoms with Crippen LogP contribution in [-0.2, 0) is 37.1 Å². The second-order valence-electron chi connectivity index (χ2n) is 7.36. The number of nitrogens with zero attached hydrogens (tertiary/aromatic N) is 2. The van der Waals surface area contributed by atoms with E-state index in [1.807, 2.05) is 41.3 Å². The third-order valence-electron chi connectivity index (χ3n) is 5.14. The van der Waals surface area contributed by atoms with E-state index >= 15 is 0 Å². The Bertz CT molecular complexity index is 846. The van der Waals surface area contributed by atoms with Crippen molar-refractivity contribution >= 4 is 5.91 Å². The Kier molecular flexibility index (Phi) is 7.62. The number of hydrogen-bond donors (Lipinski definition) is 0. The Balaban J connectivity index is 1.70. The largest absolute Gasteiger partial charge is 0.361 e. The van der Waals surface area contributed by atoms with Crippen LogP contribution in [0.5, 0.6) is 0 Å². The first kappa shape index (κ1) is 20.8. The van der Waals surface area contributed by atoms with Gasteiger partial charge in [0.1, 0.15) is 5.76 Å². The average Bonchev–Trinajstić information content (AvgIpc) is 3.15. The number of aryl methyl sites for hydroxylation is 2. The zero-order valence-corrected chi connectivity index (χ0v) is 17.4. The topological polar surface area (TPSA) is 46.3 Å². The van der Waals surface area contributed by atoms with Crippen LogP contribution in [0.15, 0.2) is 65.2 Å². The quantitative estimate of drug-likeness (QED) is 0.469. The van der Waals surface area contributed by atoms with Crippen LogP contribution >= 0.6 is 0 Å². The molecule has 0 atom stereocenters. The van der Waals surface area contributed by atoms with Gasteiger partial charge >= 0.3 is 0 Å². The molecule has 1 heterocycles. The lowest BCUT2D eigenvalue weighted by atomic mass is 10.0. The SMILES string of the molecule is CCCc1onc(CCC(=O)N(Cc2ccccc2)Cc2ccccc2)c1CC. The van der Waals surface area contributed by atoms with Gasteiger partial charge in [-0.1, -0.05) is 79.7 Å². The van der Waals surface area contributed by atoms with Gasteiger partial charge in [-0.05, 0) is 24.0 Å². The number of carbonyl (C=O) groups excluding carboxylic acids is 1. The Hall–Kier alpha value is -2.88. The smallest absolute Gasteiger partial charge is 0.223 e. The summed E-state index contributed by atoms with van der Waals surface area (Å²) in [5, 5.41) is 4.26. The van der Waals surface area contributed by atoms with E-state index in [0.29, 0.717) is 25.9 Å². The van der Waals surface area contributed by atoms with Crippen LogP contribution in [0.2, 0.25) is 0 Å². The minimum absolute atomic E-state index is 0.139. The first-order valence-electron chi connectivity index (χ1n) is 10.5. The lowest BCUT2D eigenvalue weighted by Gasteiger charge is -2.23. The first-order chi connectivity index (χ1) is 14.2. The summed E-state index contributed by atoms with van der Waals surface area (Å²) in [6.07, 6.45) is 3.88. The molecule has 1 aromatic heterocycles. The lowest BCUT2D eigenvalue weighted by molar-refractivity contribution is -0.132. The van der Waals surface area contributed by atoms with Crippen molar-refractivity contribution in [2.75, 3.05) is 0 Å². The molecule has 0 aliphatic heterocycles. The Morgan fingerprint density at radius 1 is 0.897 bits per heavy atom. The van der Waals surface area contributed by atoms with Gasteiger partial charge in [-0.15, -0.1) is 0 Å². The summed E-state index contributed by atoms with van der Waals surface area (Å²) in [7, 11) is 0. The summed E-state index contributed by atoms with van der Waals surface area (Å²) in [6, 6.07) is 20.3. The summed E-state index contributed by atoms with van der Waals surface area (Å²) < 4.78 is 5.54. The predicted molar refractivity (Wildman–Crippen MR) is 115 cm³/mol. The van der Waals surface area contributed by atoms with E-state index in [1.54, 1.807) is 0 Å². The maximum atomic E-state index is 13.1. The molecule has 0 saturated heterocycles. The van der Waals surface area contributed by atoms with Crippen LogP contribution in [0.4, 0.5) is 0 Å². The van der Waals surface area contributed by atoms with Crippen molar-refractivity contribution < 1.29 is 9.32 Å². The molecule has 0 fully saturated rings. The van der Waals surface area contributed by atoms with Crippen LogP contribution in [0.3, 0.4) is 0 Å². The number of hydrogen-bond acceptors (Lipinski definition) is 3. The van der Waals surface area contributed by atoms with Crippen molar-refractivity contribution in [3.8, 4) is 0 Å². The van der Waals surface area contributed by atoms with E-state index in [9.17, 15) is 4.79 Å². The fourth-order valence-corrected chi connectivity index (χ4v) is 3.63. The van der Waals surface area contributed by atoms with Gasteiger partial charge in [0, 0.05) is 37.9 Å². The van der Waals surface area contributed by atoms with E-state index in [-0.39, 0.29) is 5.91 Å². The molecule has 0 aliphatic carbocycles. The Morgan fingerprint density at radius 3 is 2.00 bits per heavy atom. The second kappa shape index (κ2) is 10.6. The van der Waals surface area contributed by atoms with Gasteiger partial charge in [0.15, 0.2) is 0 Å². The molecule has 4 nitrogen and oxygen atoms in total. The van der Waals surface area contributed by atoms with Crippen molar-refractivity contribution in [2.45, 2.75) is 59.0 Å². The molecule has 0 unspecified atom stereocenters. The summed E-state index contributed by atoms with van der Waals surface area (Å²) >= 11 is 0. The molecule has 4 heteroatoms. The molecule has 29 heavy (non-hydrogen) atoms. The van der Waals surface area contributed by atoms with Crippen LogP contribution in [0.1, 0.15) is 54.8 Å². The number of rotatable bonds is 10. The van der Waals surface area contributed by atoms with Crippen molar-refractivity contribution in [2.24, 2.45) is 0 Å². The number of benzene rings is 2. The van der Waals surface area contributed by atoms with Crippen molar-refractivity contribution in [1.29, 1.82) is 0 Å². The molecule has 1 amide bonds. The lowest BCUT2D eigenvalue weighted by Crippen LogP contribution is -2.30. The van der Waals surface area contributed by atoms with Crippen LogP contribution in [-0.4, -0.2) is 16.0 Å². The summed E-state index contributed by atoms with van der Waals surface area (Å²) in [5.74, 6) is 1.11. The fraction of sp³-hybridized carbons (Fsp3) is 0.360. The van der Waals surface area contributed by atoms with Crippen LogP contribution < -0.4 is 0 Å². The molecule has 0 aliphatic rings. The highest BCUT2D eigenvalue weighted by atomic mass is 16.5. The minimum atomic E-state index is 0.139. The molecule has 0 spiro atoms. The van der Waals surface area contributed by atoms with Crippen molar-refractivity contribution in [1.82, 2.24) is 10.1 Å². The third kappa shape index (κ3) is 5.80. The molecular weight excluding hydrogens is 360 g/mol. The predicted octanol–water partition coefficient (Wildman–Crippen LogP) is 5.35. The Labute approximate surface area is 173 Å². The number of carbonyl (C=O) groups is 1. The molecule has 0 radical (unpaired) electrons. The molecule has 0 N–H and O–H groups in total. The van der Waals surface area contributed by atoms with Gasteiger partial charge in [0.05, 0.1) is 5.69 Å². The van der Waals surface area contributed by atoms with Gasteiger partial charge in [0.25, 0.3) is 0 Å². The van der Waals surface area contributed by atoms with E-state index in [2.05, 4.69) is 43.3 Å².